The lowest BCUT2D eigenvalue weighted by atomic mass is 10.0. The van der Waals surface area contributed by atoms with Crippen LogP contribution in [0.5, 0.6) is 0 Å². The summed E-state index contributed by atoms with van der Waals surface area (Å²) in [6.07, 6.45) is 2.70. The molecule has 1 aromatic carbocycles. The lowest BCUT2D eigenvalue weighted by Crippen LogP contribution is -2.37. The number of carbonyl (C=O) groups excluding carboxylic acids is 2. The molecule has 1 aliphatic rings. The van der Waals surface area contributed by atoms with E-state index in [1.165, 1.54) is 4.90 Å². The van der Waals surface area contributed by atoms with Gasteiger partial charge < -0.3 is 9.80 Å². The van der Waals surface area contributed by atoms with Crippen molar-refractivity contribution in [2.24, 2.45) is 0 Å². The van der Waals surface area contributed by atoms with Crippen molar-refractivity contribution in [3.8, 4) is 11.1 Å². The Morgan fingerprint density at radius 1 is 0.931 bits per heavy atom. The normalized spacial score (nSPS) is 15.3. The van der Waals surface area contributed by atoms with Crippen molar-refractivity contribution < 1.29 is 9.59 Å². The van der Waals surface area contributed by atoms with Gasteiger partial charge in [0.05, 0.1) is 0 Å². The van der Waals surface area contributed by atoms with E-state index in [9.17, 15) is 9.59 Å². The first-order valence-electron chi connectivity index (χ1n) is 10.2. The van der Waals surface area contributed by atoms with Gasteiger partial charge in [-0.3, -0.25) is 19.5 Å². The van der Waals surface area contributed by atoms with Crippen molar-refractivity contribution in [3.05, 3.63) is 53.9 Å². The molecule has 0 radical (unpaired) electrons. The summed E-state index contributed by atoms with van der Waals surface area (Å²) in [5.74, 6) is -0.0295. The molecule has 3 rings (SSSR count). The zero-order chi connectivity index (χ0) is 21.0. The Kier molecular flexibility index (Phi) is 6.64. The number of pyridine rings is 1. The molecule has 6 nitrogen and oxygen atoms in total. The van der Waals surface area contributed by atoms with Crippen LogP contribution in [0.2, 0.25) is 0 Å². The molecule has 0 spiro atoms. The van der Waals surface area contributed by atoms with Gasteiger partial charge in [0, 0.05) is 63.6 Å². The standard InChI is InChI=1S/C23H30N4O2/c1-17(2)26-12-5-13-27(15-14-26)22(28)19-8-6-18(7-9-19)20-10-11-21(24-16-20)23(29)25(3)4/h6-11,16-17H,5,12-15H2,1-4H3. The van der Waals surface area contributed by atoms with Gasteiger partial charge >= 0.3 is 0 Å². The van der Waals surface area contributed by atoms with Crippen LogP contribution >= 0.6 is 0 Å². The number of amides is 2. The molecule has 2 amide bonds. The third kappa shape index (κ3) is 5.01. The molecule has 0 atom stereocenters. The Bertz CT molecular complexity index is 844. The number of rotatable bonds is 4. The van der Waals surface area contributed by atoms with Crippen molar-refractivity contribution in [3.63, 3.8) is 0 Å². The van der Waals surface area contributed by atoms with Crippen LogP contribution in [0.4, 0.5) is 0 Å². The van der Waals surface area contributed by atoms with E-state index in [1.807, 2.05) is 35.2 Å². The zero-order valence-electron chi connectivity index (χ0n) is 17.8. The van der Waals surface area contributed by atoms with E-state index < -0.39 is 0 Å². The van der Waals surface area contributed by atoms with E-state index in [-0.39, 0.29) is 11.8 Å². The molecule has 0 unspecified atom stereocenters. The predicted octanol–water partition coefficient (Wildman–Crippen LogP) is 3.01. The van der Waals surface area contributed by atoms with Crippen LogP contribution in [0.3, 0.4) is 0 Å². The van der Waals surface area contributed by atoms with E-state index in [4.69, 9.17) is 0 Å². The van der Waals surface area contributed by atoms with Crippen molar-refractivity contribution in [2.75, 3.05) is 40.3 Å². The van der Waals surface area contributed by atoms with Gasteiger partial charge in [-0.1, -0.05) is 18.2 Å². The van der Waals surface area contributed by atoms with Gasteiger partial charge in [0.15, 0.2) is 0 Å². The minimum Gasteiger partial charge on any atom is -0.343 e. The summed E-state index contributed by atoms with van der Waals surface area (Å²) in [5.41, 5.74) is 3.02. The first-order chi connectivity index (χ1) is 13.9. The molecule has 0 bridgehead atoms. The Balaban J connectivity index is 1.68. The molecule has 0 aliphatic carbocycles. The summed E-state index contributed by atoms with van der Waals surface area (Å²) in [5, 5.41) is 0. The average Bonchev–Trinajstić information content (AvgIpc) is 2.99. The highest BCUT2D eigenvalue weighted by atomic mass is 16.2. The van der Waals surface area contributed by atoms with Crippen LogP contribution in [0.15, 0.2) is 42.6 Å². The van der Waals surface area contributed by atoms with E-state index >= 15 is 0 Å². The van der Waals surface area contributed by atoms with Crippen molar-refractivity contribution in [1.29, 1.82) is 0 Å². The van der Waals surface area contributed by atoms with E-state index in [2.05, 4.69) is 23.7 Å². The fourth-order valence-electron chi connectivity index (χ4n) is 3.56. The highest BCUT2D eigenvalue weighted by molar-refractivity contribution is 5.95. The quantitative estimate of drug-likeness (QED) is 0.800. The fourth-order valence-corrected chi connectivity index (χ4v) is 3.56. The third-order valence-electron chi connectivity index (χ3n) is 5.40. The van der Waals surface area contributed by atoms with Crippen LogP contribution in [-0.2, 0) is 0 Å². The van der Waals surface area contributed by atoms with Crippen LogP contribution in [0.25, 0.3) is 11.1 Å². The molecular formula is C23H30N4O2. The molecular weight excluding hydrogens is 364 g/mol. The smallest absolute Gasteiger partial charge is 0.271 e. The lowest BCUT2D eigenvalue weighted by Gasteiger charge is -2.25. The Labute approximate surface area is 173 Å². The topological polar surface area (TPSA) is 56.8 Å². The van der Waals surface area contributed by atoms with Gasteiger partial charge in [0.1, 0.15) is 5.69 Å². The Hall–Kier alpha value is -2.73. The lowest BCUT2D eigenvalue weighted by molar-refractivity contribution is 0.0758. The second-order valence-electron chi connectivity index (χ2n) is 7.98. The minimum atomic E-state index is -0.119. The summed E-state index contributed by atoms with van der Waals surface area (Å²) < 4.78 is 0. The summed E-state index contributed by atoms with van der Waals surface area (Å²) in [6.45, 7) is 7.94. The predicted molar refractivity (Wildman–Crippen MR) is 115 cm³/mol. The minimum absolute atomic E-state index is 0.0900. The molecule has 2 heterocycles. The van der Waals surface area contributed by atoms with Gasteiger partial charge in [-0.05, 0) is 44.0 Å². The molecule has 1 saturated heterocycles. The first-order valence-corrected chi connectivity index (χ1v) is 10.2. The van der Waals surface area contributed by atoms with Gasteiger partial charge in [-0.2, -0.15) is 0 Å². The van der Waals surface area contributed by atoms with Crippen molar-refractivity contribution in [2.45, 2.75) is 26.3 Å². The monoisotopic (exact) mass is 394 g/mol. The molecule has 29 heavy (non-hydrogen) atoms. The summed E-state index contributed by atoms with van der Waals surface area (Å²) in [4.78, 5) is 35.0. The van der Waals surface area contributed by atoms with E-state index in [0.717, 1.165) is 43.7 Å². The Morgan fingerprint density at radius 3 is 2.21 bits per heavy atom. The SMILES string of the molecule is CC(C)N1CCCN(C(=O)c2ccc(-c3ccc(C(=O)N(C)C)nc3)cc2)CC1. The maximum atomic E-state index is 12.9. The molecule has 1 aliphatic heterocycles. The molecule has 0 saturated carbocycles. The van der Waals surface area contributed by atoms with E-state index in [1.54, 1.807) is 26.4 Å². The summed E-state index contributed by atoms with van der Waals surface area (Å²) in [6, 6.07) is 11.8. The second kappa shape index (κ2) is 9.18. The molecule has 154 valence electrons. The third-order valence-corrected chi connectivity index (χ3v) is 5.40. The fraction of sp³-hybridized carbons (Fsp3) is 0.435. The molecule has 6 heteroatoms. The number of nitrogens with zero attached hydrogens (tertiary/aromatic N) is 4. The number of hydrogen-bond donors (Lipinski definition) is 0. The van der Waals surface area contributed by atoms with Crippen molar-refractivity contribution >= 4 is 11.8 Å². The van der Waals surface area contributed by atoms with Crippen LogP contribution < -0.4 is 0 Å². The zero-order valence-corrected chi connectivity index (χ0v) is 17.8. The first kappa shape index (κ1) is 21.0. The van der Waals surface area contributed by atoms with E-state index in [0.29, 0.717) is 17.3 Å². The second-order valence-corrected chi connectivity index (χ2v) is 7.98. The Morgan fingerprint density at radius 2 is 1.62 bits per heavy atom. The largest absolute Gasteiger partial charge is 0.343 e. The summed E-state index contributed by atoms with van der Waals surface area (Å²) in [7, 11) is 3.41. The van der Waals surface area contributed by atoms with Gasteiger partial charge in [0.2, 0.25) is 0 Å². The number of benzene rings is 1. The number of aromatic nitrogens is 1. The molecule has 1 fully saturated rings. The van der Waals surface area contributed by atoms with Crippen molar-refractivity contribution in [1.82, 2.24) is 19.7 Å². The van der Waals surface area contributed by atoms with Crippen LogP contribution in [0.1, 0.15) is 41.1 Å². The highest BCUT2D eigenvalue weighted by Gasteiger charge is 2.21. The maximum absolute atomic E-state index is 12.9. The average molecular weight is 395 g/mol. The maximum Gasteiger partial charge on any atom is 0.271 e. The molecule has 1 aromatic heterocycles. The van der Waals surface area contributed by atoms with Gasteiger partial charge in [-0.15, -0.1) is 0 Å². The number of hydrogen-bond acceptors (Lipinski definition) is 4. The van der Waals surface area contributed by atoms with Crippen LogP contribution in [-0.4, -0.2) is 77.8 Å². The summed E-state index contributed by atoms with van der Waals surface area (Å²) >= 11 is 0. The highest BCUT2D eigenvalue weighted by Crippen LogP contribution is 2.20. The molecule has 2 aromatic rings. The number of carbonyl (C=O) groups is 2. The molecule has 0 N–H and O–H groups in total. The van der Waals surface area contributed by atoms with Crippen LogP contribution in [0, 0.1) is 0 Å². The van der Waals surface area contributed by atoms with Gasteiger partial charge in [0.25, 0.3) is 11.8 Å². The van der Waals surface area contributed by atoms with Gasteiger partial charge in [-0.25, -0.2) is 0 Å².